The van der Waals surface area contributed by atoms with Crippen molar-refractivity contribution in [2.45, 2.75) is 37.9 Å². The summed E-state index contributed by atoms with van der Waals surface area (Å²) in [5.41, 5.74) is 6.86. The Balaban J connectivity index is 0.000000501. The number of nitrogens with one attached hydrogen (secondary N) is 1. The third-order valence-corrected chi connectivity index (χ3v) is 4.63. The highest BCUT2D eigenvalue weighted by molar-refractivity contribution is 5.92. The Kier molecular flexibility index (Phi) is 8.43. The fourth-order valence-corrected chi connectivity index (χ4v) is 3.06. The van der Waals surface area contributed by atoms with E-state index in [9.17, 15) is 22.4 Å². The number of nitrogens with zero attached hydrogens (tertiary/aromatic N) is 2. The summed E-state index contributed by atoms with van der Waals surface area (Å²) in [5, 5.41) is 2.82. The summed E-state index contributed by atoms with van der Waals surface area (Å²) < 4.78 is 50.1. The number of halogens is 4. The van der Waals surface area contributed by atoms with Crippen LogP contribution in [0.2, 0.25) is 0 Å². The molecule has 7 nitrogen and oxygen atoms in total. The number of nitrogens with two attached hydrogens (primary N) is 1. The minimum Gasteiger partial charge on any atom is -0.496 e. The van der Waals surface area contributed by atoms with Crippen molar-refractivity contribution in [3.8, 4) is 17.0 Å². The largest absolute Gasteiger partial charge is 0.496 e. The van der Waals surface area contributed by atoms with E-state index in [4.69, 9.17) is 15.3 Å². The number of aldehydes is 1. The minimum atomic E-state index is -4.64. The topological polar surface area (TPSA) is 107 Å². The molecule has 1 saturated carbocycles. The number of carbonyl (C=O) groups excluding carboxylic acids is 2. The highest BCUT2D eigenvalue weighted by Gasteiger charge is 2.25. The summed E-state index contributed by atoms with van der Waals surface area (Å²) in [6.07, 6.45) is -1.09. The SMILES string of the molecule is COc1ccc(F)cc1-c1cc(NC(=O)C2CCC(N)CC2)ncn1.O=CC(F)(F)F. The number of alkyl halides is 3. The van der Waals surface area contributed by atoms with Gasteiger partial charge in [0.15, 0.2) is 0 Å². The summed E-state index contributed by atoms with van der Waals surface area (Å²) in [7, 11) is 1.51. The Morgan fingerprint density at radius 3 is 2.42 bits per heavy atom. The Morgan fingerprint density at radius 2 is 1.84 bits per heavy atom. The molecule has 0 unspecified atom stereocenters. The Labute approximate surface area is 176 Å². The van der Waals surface area contributed by atoms with Crippen LogP contribution in [-0.2, 0) is 9.59 Å². The molecule has 3 rings (SSSR count). The Morgan fingerprint density at radius 1 is 1.19 bits per heavy atom. The molecular weight excluding hydrogens is 420 g/mol. The van der Waals surface area contributed by atoms with E-state index in [1.54, 1.807) is 6.07 Å². The number of benzene rings is 1. The van der Waals surface area contributed by atoms with Gasteiger partial charge in [0, 0.05) is 23.6 Å². The summed E-state index contributed by atoms with van der Waals surface area (Å²) in [6, 6.07) is 6.00. The van der Waals surface area contributed by atoms with E-state index in [0.717, 1.165) is 25.7 Å². The van der Waals surface area contributed by atoms with E-state index in [1.807, 2.05) is 0 Å². The number of amides is 1. The number of rotatable bonds is 4. The molecule has 0 saturated heterocycles. The molecule has 1 aromatic heterocycles. The van der Waals surface area contributed by atoms with E-state index in [1.165, 1.54) is 31.6 Å². The van der Waals surface area contributed by atoms with Crippen LogP contribution in [0.5, 0.6) is 5.75 Å². The van der Waals surface area contributed by atoms with Gasteiger partial charge in [0.05, 0.1) is 12.8 Å². The molecule has 11 heteroatoms. The van der Waals surface area contributed by atoms with Gasteiger partial charge < -0.3 is 15.8 Å². The van der Waals surface area contributed by atoms with E-state index in [0.29, 0.717) is 22.8 Å². The molecule has 168 valence electrons. The molecule has 1 amide bonds. The summed E-state index contributed by atoms with van der Waals surface area (Å²) >= 11 is 0. The molecule has 0 atom stereocenters. The fraction of sp³-hybridized carbons (Fsp3) is 0.400. The molecule has 3 N–H and O–H groups in total. The van der Waals surface area contributed by atoms with Gasteiger partial charge in [0.25, 0.3) is 0 Å². The van der Waals surface area contributed by atoms with Crippen molar-refractivity contribution >= 4 is 18.0 Å². The monoisotopic (exact) mass is 442 g/mol. The zero-order chi connectivity index (χ0) is 23.0. The average Bonchev–Trinajstić information content (AvgIpc) is 2.74. The van der Waals surface area contributed by atoms with Gasteiger partial charge in [-0.1, -0.05) is 0 Å². The molecule has 1 aromatic carbocycles. The van der Waals surface area contributed by atoms with Crippen LogP contribution in [0.1, 0.15) is 25.7 Å². The van der Waals surface area contributed by atoms with Crippen molar-refractivity contribution < 1.29 is 31.9 Å². The lowest BCUT2D eigenvalue weighted by Crippen LogP contribution is -2.32. The second kappa shape index (κ2) is 10.8. The molecule has 0 radical (unpaired) electrons. The lowest BCUT2D eigenvalue weighted by molar-refractivity contribution is -0.156. The standard InChI is InChI=1S/C18H21FN4O2.C2HF3O/c1-25-16-7-4-12(19)8-14(16)15-9-17(22-10-21-15)23-18(24)11-2-5-13(20)6-3-11;3-2(4,5)1-6/h4,7-11,13H,2-3,5-6,20H2,1H3,(H,21,22,23,24);1H. The van der Waals surface area contributed by atoms with Gasteiger partial charge in [-0.25, -0.2) is 14.4 Å². The maximum absolute atomic E-state index is 13.6. The lowest BCUT2D eigenvalue weighted by atomic mass is 9.86. The van der Waals surface area contributed by atoms with E-state index >= 15 is 0 Å². The van der Waals surface area contributed by atoms with E-state index < -0.39 is 18.3 Å². The number of ether oxygens (including phenoxy) is 1. The van der Waals surface area contributed by atoms with Gasteiger partial charge in [-0.2, -0.15) is 13.2 Å². The normalized spacial score (nSPS) is 18.4. The molecule has 0 aliphatic heterocycles. The lowest BCUT2D eigenvalue weighted by Gasteiger charge is -2.24. The van der Waals surface area contributed by atoms with Crippen LogP contribution in [0.4, 0.5) is 23.4 Å². The Hall–Kier alpha value is -3.08. The van der Waals surface area contributed by atoms with Crippen molar-refractivity contribution in [1.29, 1.82) is 0 Å². The third-order valence-electron chi connectivity index (χ3n) is 4.63. The molecule has 2 aromatic rings. The first-order chi connectivity index (χ1) is 14.6. The maximum Gasteiger partial charge on any atom is 0.446 e. The van der Waals surface area contributed by atoms with Crippen molar-refractivity contribution in [2.24, 2.45) is 11.7 Å². The number of hydrogen-bond acceptors (Lipinski definition) is 6. The second-order valence-electron chi connectivity index (χ2n) is 6.89. The zero-order valence-corrected chi connectivity index (χ0v) is 16.7. The number of carbonyl (C=O) groups is 2. The van der Waals surface area contributed by atoms with Gasteiger partial charge in [0.2, 0.25) is 12.2 Å². The summed E-state index contributed by atoms with van der Waals surface area (Å²) in [4.78, 5) is 29.4. The van der Waals surface area contributed by atoms with Gasteiger partial charge in [0.1, 0.15) is 23.7 Å². The predicted octanol–water partition coefficient (Wildman–Crippen LogP) is 3.49. The number of anilines is 1. The molecule has 1 fully saturated rings. The van der Waals surface area contributed by atoms with Gasteiger partial charge >= 0.3 is 6.18 Å². The van der Waals surface area contributed by atoms with Crippen molar-refractivity contribution in [1.82, 2.24) is 9.97 Å². The first-order valence-electron chi connectivity index (χ1n) is 9.38. The van der Waals surface area contributed by atoms with Crippen molar-refractivity contribution in [3.05, 3.63) is 36.4 Å². The van der Waals surface area contributed by atoms with Crippen LogP contribution in [0.3, 0.4) is 0 Å². The highest BCUT2D eigenvalue weighted by Crippen LogP contribution is 2.30. The molecule has 31 heavy (non-hydrogen) atoms. The second-order valence-corrected chi connectivity index (χ2v) is 6.89. The van der Waals surface area contributed by atoms with E-state index in [2.05, 4.69) is 15.3 Å². The van der Waals surface area contributed by atoms with Crippen molar-refractivity contribution in [3.63, 3.8) is 0 Å². The van der Waals surface area contributed by atoms with Crippen LogP contribution < -0.4 is 15.8 Å². The third kappa shape index (κ3) is 7.59. The van der Waals surface area contributed by atoms with Crippen LogP contribution in [0.25, 0.3) is 11.3 Å². The van der Waals surface area contributed by atoms with Crippen LogP contribution in [-0.4, -0.2) is 41.5 Å². The maximum atomic E-state index is 13.6. The molecule has 0 bridgehead atoms. The molecule has 1 aliphatic rings. The van der Waals surface area contributed by atoms with Crippen LogP contribution >= 0.6 is 0 Å². The summed E-state index contributed by atoms with van der Waals surface area (Å²) in [5.74, 6) is 0.373. The first kappa shape index (κ1) is 24.2. The minimum absolute atomic E-state index is 0.0538. The van der Waals surface area contributed by atoms with Gasteiger partial charge in [-0.3, -0.25) is 9.59 Å². The van der Waals surface area contributed by atoms with E-state index in [-0.39, 0.29) is 17.9 Å². The molecule has 1 heterocycles. The first-order valence-corrected chi connectivity index (χ1v) is 9.38. The number of aromatic nitrogens is 2. The fourth-order valence-electron chi connectivity index (χ4n) is 3.06. The smallest absolute Gasteiger partial charge is 0.446 e. The molecule has 0 spiro atoms. The summed E-state index contributed by atoms with van der Waals surface area (Å²) in [6.45, 7) is 0. The number of methoxy groups -OCH3 is 1. The van der Waals surface area contributed by atoms with Crippen LogP contribution in [0, 0.1) is 11.7 Å². The van der Waals surface area contributed by atoms with Crippen LogP contribution in [0.15, 0.2) is 30.6 Å². The predicted molar refractivity (Wildman–Crippen MR) is 105 cm³/mol. The molecule has 1 aliphatic carbocycles. The molecular formula is C20H22F4N4O3. The van der Waals surface area contributed by atoms with Crippen molar-refractivity contribution in [2.75, 3.05) is 12.4 Å². The quantitative estimate of drug-likeness (QED) is 0.555. The highest BCUT2D eigenvalue weighted by atomic mass is 19.4. The Bertz CT molecular complexity index is 900. The van der Waals surface area contributed by atoms with Gasteiger partial charge in [-0.15, -0.1) is 0 Å². The van der Waals surface area contributed by atoms with Gasteiger partial charge in [-0.05, 0) is 43.9 Å². The average molecular weight is 442 g/mol. The number of hydrogen-bond donors (Lipinski definition) is 2. The zero-order valence-electron chi connectivity index (χ0n) is 16.7.